The molecule has 2 aromatic rings. The number of thiazole rings is 1. The first kappa shape index (κ1) is 10.9. The van der Waals surface area contributed by atoms with E-state index in [9.17, 15) is 0 Å². The Balaban J connectivity index is 1.78. The van der Waals surface area contributed by atoms with E-state index in [1.807, 2.05) is 11.7 Å². The van der Waals surface area contributed by atoms with Crippen molar-refractivity contribution in [3.63, 3.8) is 0 Å². The summed E-state index contributed by atoms with van der Waals surface area (Å²) in [5.41, 5.74) is 3.01. The van der Waals surface area contributed by atoms with Crippen LogP contribution < -0.4 is 5.32 Å². The minimum Gasteiger partial charge on any atom is -0.329 e. The summed E-state index contributed by atoms with van der Waals surface area (Å²) in [6.45, 7) is 3.03. The van der Waals surface area contributed by atoms with Crippen molar-refractivity contribution in [2.24, 2.45) is 0 Å². The molecule has 3 heterocycles. The molecule has 0 amide bonds. The van der Waals surface area contributed by atoms with Gasteiger partial charge in [-0.2, -0.15) is 0 Å². The second kappa shape index (κ2) is 4.98. The Kier molecular flexibility index (Phi) is 3.20. The van der Waals surface area contributed by atoms with Gasteiger partial charge in [-0.1, -0.05) is 0 Å². The number of aromatic nitrogens is 3. The topological polar surface area (TPSA) is 42.7 Å². The molecule has 17 heavy (non-hydrogen) atoms. The van der Waals surface area contributed by atoms with E-state index in [1.54, 1.807) is 11.3 Å². The average molecular weight is 248 g/mol. The standard InChI is InChI=1S/C12H16N4S/c1-2-10(6-13-3-1)12-14-4-5-16(12)7-11-8-17-9-15-11/h4-5,8-10,13H,1-3,6-7H2. The van der Waals surface area contributed by atoms with Crippen molar-refractivity contribution in [2.75, 3.05) is 13.1 Å². The molecule has 0 radical (unpaired) electrons. The van der Waals surface area contributed by atoms with Gasteiger partial charge in [-0.05, 0) is 19.4 Å². The third-order valence-corrected chi connectivity index (χ3v) is 3.86. The van der Waals surface area contributed by atoms with Crippen LogP contribution in [0.2, 0.25) is 0 Å². The van der Waals surface area contributed by atoms with Crippen LogP contribution in [0.15, 0.2) is 23.3 Å². The van der Waals surface area contributed by atoms with Gasteiger partial charge in [-0.25, -0.2) is 9.97 Å². The van der Waals surface area contributed by atoms with Gasteiger partial charge in [0.05, 0.1) is 17.7 Å². The number of nitrogens with one attached hydrogen (secondary N) is 1. The van der Waals surface area contributed by atoms with Crippen molar-refractivity contribution in [3.8, 4) is 0 Å². The number of nitrogens with zero attached hydrogens (tertiary/aromatic N) is 3. The zero-order valence-electron chi connectivity index (χ0n) is 9.67. The minimum atomic E-state index is 0.553. The van der Waals surface area contributed by atoms with Gasteiger partial charge in [0.1, 0.15) is 5.82 Å². The van der Waals surface area contributed by atoms with Crippen LogP contribution in [0.25, 0.3) is 0 Å². The molecule has 1 unspecified atom stereocenters. The molecule has 0 bridgehead atoms. The van der Waals surface area contributed by atoms with Gasteiger partial charge in [-0.3, -0.25) is 0 Å². The van der Waals surface area contributed by atoms with E-state index < -0.39 is 0 Å². The Morgan fingerprint density at radius 3 is 3.24 bits per heavy atom. The summed E-state index contributed by atoms with van der Waals surface area (Å²) in [7, 11) is 0. The first-order valence-corrected chi connectivity index (χ1v) is 6.96. The zero-order valence-corrected chi connectivity index (χ0v) is 10.5. The second-order valence-corrected chi connectivity index (χ2v) is 5.16. The van der Waals surface area contributed by atoms with E-state index in [2.05, 4.69) is 31.4 Å². The first-order valence-electron chi connectivity index (χ1n) is 6.02. The van der Waals surface area contributed by atoms with E-state index in [1.165, 1.54) is 18.7 Å². The van der Waals surface area contributed by atoms with Crippen molar-refractivity contribution in [3.05, 3.63) is 34.8 Å². The van der Waals surface area contributed by atoms with Gasteiger partial charge in [0, 0.05) is 30.2 Å². The van der Waals surface area contributed by atoms with Gasteiger partial charge >= 0.3 is 0 Å². The highest BCUT2D eigenvalue weighted by Crippen LogP contribution is 2.22. The maximum atomic E-state index is 4.52. The van der Waals surface area contributed by atoms with Crippen LogP contribution in [0.4, 0.5) is 0 Å². The number of rotatable bonds is 3. The third-order valence-electron chi connectivity index (χ3n) is 3.23. The van der Waals surface area contributed by atoms with Crippen molar-refractivity contribution in [2.45, 2.75) is 25.3 Å². The number of hydrogen-bond acceptors (Lipinski definition) is 4. The SMILES string of the molecule is c1cn(Cc2cscn2)c(C2CCCNC2)n1. The molecule has 0 aromatic carbocycles. The Bertz CT molecular complexity index is 457. The second-order valence-electron chi connectivity index (χ2n) is 4.44. The third kappa shape index (κ3) is 2.40. The lowest BCUT2D eigenvalue weighted by molar-refractivity contribution is 0.435. The fraction of sp³-hybridized carbons (Fsp3) is 0.500. The van der Waals surface area contributed by atoms with Crippen LogP contribution in [0.1, 0.15) is 30.3 Å². The quantitative estimate of drug-likeness (QED) is 0.901. The highest BCUT2D eigenvalue weighted by atomic mass is 32.1. The van der Waals surface area contributed by atoms with Crippen molar-refractivity contribution < 1.29 is 0 Å². The smallest absolute Gasteiger partial charge is 0.113 e. The maximum absolute atomic E-state index is 4.52. The molecule has 1 fully saturated rings. The lowest BCUT2D eigenvalue weighted by Crippen LogP contribution is -2.30. The molecule has 1 N–H and O–H groups in total. The summed E-state index contributed by atoms with van der Waals surface area (Å²) < 4.78 is 2.23. The molecule has 1 aliphatic heterocycles. The van der Waals surface area contributed by atoms with E-state index in [0.717, 1.165) is 25.3 Å². The number of piperidine rings is 1. The molecule has 90 valence electrons. The minimum absolute atomic E-state index is 0.553. The van der Waals surface area contributed by atoms with E-state index >= 15 is 0 Å². The Labute approximate surface area is 105 Å². The van der Waals surface area contributed by atoms with Crippen LogP contribution in [-0.4, -0.2) is 27.6 Å². The summed E-state index contributed by atoms with van der Waals surface area (Å²) in [5.74, 6) is 1.75. The molecule has 3 rings (SSSR count). The van der Waals surface area contributed by atoms with E-state index in [0.29, 0.717) is 5.92 Å². The molecule has 5 heteroatoms. The fourth-order valence-electron chi connectivity index (χ4n) is 2.38. The van der Waals surface area contributed by atoms with Crippen LogP contribution in [0, 0.1) is 0 Å². The van der Waals surface area contributed by atoms with Gasteiger partial charge in [0.15, 0.2) is 0 Å². The molecule has 0 aliphatic carbocycles. The van der Waals surface area contributed by atoms with Crippen molar-refractivity contribution >= 4 is 11.3 Å². The van der Waals surface area contributed by atoms with E-state index in [-0.39, 0.29) is 0 Å². The Morgan fingerprint density at radius 2 is 2.47 bits per heavy atom. The normalized spacial score (nSPS) is 20.6. The lowest BCUT2D eigenvalue weighted by atomic mass is 9.99. The molecular weight excluding hydrogens is 232 g/mol. The average Bonchev–Trinajstić information content (AvgIpc) is 3.02. The van der Waals surface area contributed by atoms with Gasteiger partial charge in [0.25, 0.3) is 0 Å². The van der Waals surface area contributed by atoms with Gasteiger partial charge in [-0.15, -0.1) is 11.3 Å². The highest BCUT2D eigenvalue weighted by Gasteiger charge is 2.19. The van der Waals surface area contributed by atoms with Gasteiger partial charge in [0.2, 0.25) is 0 Å². The van der Waals surface area contributed by atoms with Crippen LogP contribution in [0.5, 0.6) is 0 Å². The summed E-state index contributed by atoms with van der Waals surface area (Å²) in [6.07, 6.45) is 6.44. The summed E-state index contributed by atoms with van der Waals surface area (Å²) in [5, 5.41) is 5.54. The lowest BCUT2D eigenvalue weighted by Gasteiger charge is -2.22. The first-order chi connectivity index (χ1) is 8.43. The summed E-state index contributed by atoms with van der Waals surface area (Å²) >= 11 is 1.65. The zero-order chi connectivity index (χ0) is 11.5. The predicted molar refractivity (Wildman–Crippen MR) is 68.3 cm³/mol. The fourth-order valence-corrected chi connectivity index (χ4v) is 2.93. The number of imidazole rings is 1. The number of hydrogen-bond donors (Lipinski definition) is 1. The largest absolute Gasteiger partial charge is 0.329 e. The van der Waals surface area contributed by atoms with Crippen LogP contribution in [-0.2, 0) is 6.54 Å². The molecular formula is C12H16N4S. The summed E-state index contributed by atoms with van der Waals surface area (Å²) in [6, 6.07) is 0. The Hall–Kier alpha value is -1.20. The van der Waals surface area contributed by atoms with Crippen molar-refractivity contribution in [1.82, 2.24) is 19.9 Å². The molecule has 4 nitrogen and oxygen atoms in total. The van der Waals surface area contributed by atoms with Crippen molar-refractivity contribution in [1.29, 1.82) is 0 Å². The monoisotopic (exact) mass is 248 g/mol. The predicted octanol–water partition coefficient (Wildman–Crippen LogP) is 1.85. The maximum Gasteiger partial charge on any atom is 0.113 e. The summed E-state index contributed by atoms with van der Waals surface area (Å²) in [4.78, 5) is 8.85. The Morgan fingerprint density at radius 1 is 1.47 bits per heavy atom. The van der Waals surface area contributed by atoms with Gasteiger partial charge < -0.3 is 9.88 Å². The van der Waals surface area contributed by atoms with E-state index in [4.69, 9.17) is 0 Å². The highest BCUT2D eigenvalue weighted by molar-refractivity contribution is 7.07. The molecule has 1 atom stereocenters. The molecule has 1 saturated heterocycles. The van der Waals surface area contributed by atoms with Crippen LogP contribution >= 0.6 is 11.3 Å². The van der Waals surface area contributed by atoms with Crippen LogP contribution in [0.3, 0.4) is 0 Å². The molecule has 2 aromatic heterocycles. The molecule has 1 aliphatic rings. The molecule has 0 saturated carbocycles. The molecule has 0 spiro atoms.